The smallest absolute Gasteiger partial charge is 0.247 e. The lowest BCUT2D eigenvalue weighted by molar-refractivity contribution is -0.121. The van der Waals surface area contributed by atoms with Gasteiger partial charge in [-0.05, 0) is 12.1 Å². The van der Waals surface area contributed by atoms with E-state index in [0.717, 1.165) is 12.1 Å². The zero-order valence-corrected chi connectivity index (χ0v) is 8.84. The van der Waals surface area contributed by atoms with Crippen molar-refractivity contribution in [1.82, 2.24) is 4.72 Å². The van der Waals surface area contributed by atoms with Gasteiger partial charge in [-0.15, -0.1) is 13.2 Å². The zero-order chi connectivity index (χ0) is 12.8. The van der Waals surface area contributed by atoms with Gasteiger partial charge in [-0.25, -0.2) is 22.8 Å². The van der Waals surface area contributed by atoms with Gasteiger partial charge in [-0.3, -0.25) is 0 Å². The number of alkyl halides is 3. The van der Waals surface area contributed by atoms with Crippen LogP contribution in [0.1, 0.15) is 0 Å². The van der Waals surface area contributed by atoms with Gasteiger partial charge in [-0.2, -0.15) is 0 Å². The summed E-state index contributed by atoms with van der Waals surface area (Å²) in [5, 5.41) is 0. The maximum atomic E-state index is 12.6. The first-order chi connectivity index (χ1) is 7.73. The molecule has 0 spiro atoms. The summed E-state index contributed by atoms with van der Waals surface area (Å²) in [5.74, 6) is 0. The molecule has 1 aromatic rings. The molecule has 0 saturated carbocycles. The van der Waals surface area contributed by atoms with E-state index in [4.69, 9.17) is 0 Å². The second kappa shape index (κ2) is 3.36. The highest BCUT2D eigenvalue weighted by atomic mass is 32.2. The van der Waals surface area contributed by atoms with Crippen LogP contribution < -0.4 is 9.62 Å². The number of para-hydroxylation sites is 1. The number of anilines is 1. The van der Waals surface area contributed by atoms with Crippen LogP contribution >= 0.6 is 0 Å². The van der Waals surface area contributed by atoms with E-state index in [1.807, 2.05) is 0 Å². The van der Waals surface area contributed by atoms with Crippen LogP contribution in [0.2, 0.25) is 0 Å². The Balaban J connectivity index is 2.72. The maximum Gasteiger partial charge on any atom is 0.493 e. The van der Waals surface area contributed by atoms with E-state index in [0.29, 0.717) is 0 Å². The molecule has 5 nitrogen and oxygen atoms in total. The molecule has 0 bridgehead atoms. The van der Waals surface area contributed by atoms with E-state index in [9.17, 15) is 26.4 Å². The fourth-order valence-electron chi connectivity index (χ4n) is 1.45. The van der Waals surface area contributed by atoms with Crippen LogP contribution in [0, 0.1) is 0 Å². The standard InChI is InChI=1S/C8H5F3N2O3S/c9-8(10,11)13-5-3-1-2-4-6(5)17(15,16)12-7(13)14/h1-4H,(H,12,14). The Hall–Kier alpha value is -1.77. The average molecular weight is 266 g/mol. The number of carbonyl (C=O) groups is 1. The fourth-order valence-corrected chi connectivity index (χ4v) is 2.57. The highest BCUT2D eigenvalue weighted by Gasteiger charge is 2.48. The van der Waals surface area contributed by atoms with Gasteiger partial charge in [0.2, 0.25) is 0 Å². The van der Waals surface area contributed by atoms with E-state index in [1.54, 1.807) is 0 Å². The van der Waals surface area contributed by atoms with Gasteiger partial charge in [0.25, 0.3) is 10.0 Å². The molecule has 0 saturated heterocycles. The zero-order valence-electron chi connectivity index (χ0n) is 8.02. The van der Waals surface area contributed by atoms with Crippen molar-refractivity contribution >= 4 is 21.7 Å². The molecular formula is C8H5F3N2O3S. The summed E-state index contributed by atoms with van der Waals surface area (Å²) in [4.78, 5) is 10.00. The molecule has 0 atom stereocenters. The number of hydrogen-bond donors (Lipinski definition) is 1. The van der Waals surface area contributed by atoms with Crippen LogP contribution in [-0.4, -0.2) is 20.7 Å². The monoisotopic (exact) mass is 266 g/mol. The minimum atomic E-state index is -4.99. The number of sulfonamides is 1. The molecule has 0 unspecified atom stereocenters. The molecule has 1 heterocycles. The minimum absolute atomic E-state index is 0.552. The number of nitrogens with one attached hydrogen (secondary N) is 1. The van der Waals surface area contributed by atoms with E-state index < -0.39 is 37.8 Å². The third-order valence-electron chi connectivity index (χ3n) is 2.07. The lowest BCUT2D eigenvalue weighted by Crippen LogP contribution is -2.53. The quantitative estimate of drug-likeness (QED) is 0.722. The summed E-state index contributed by atoms with van der Waals surface area (Å²) < 4.78 is 61.9. The summed E-state index contributed by atoms with van der Waals surface area (Å²) in [6, 6.07) is 2.65. The first-order valence-corrected chi connectivity index (χ1v) is 5.74. The molecule has 0 aromatic heterocycles. The molecular weight excluding hydrogens is 261 g/mol. The lowest BCUT2D eigenvalue weighted by atomic mass is 10.3. The Bertz CT molecular complexity index is 582. The van der Waals surface area contributed by atoms with Crippen LogP contribution in [0.25, 0.3) is 0 Å². The second-order valence-electron chi connectivity index (χ2n) is 3.18. The summed E-state index contributed by atoms with van der Waals surface area (Å²) in [6.45, 7) is 0. The Morgan fingerprint density at radius 3 is 2.35 bits per heavy atom. The van der Waals surface area contributed by atoms with E-state index in [-0.39, 0.29) is 0 Å². The number of nitrogens with zero attached hydrogens (tertiary/aromatic N) is 1. The normalized spacial score (nSPS) is 18.5. The van der Waals surface area contributed by atoms with Crippen molar-refractivity contribution < 1.29 is 26.4 Å². The number of halogens is 3. The van der Waals surface area contributed by atoms with Crippen molar-refractivity contribution in [1.29, 1.82) is 0 Å². The first-order valence-electron chi connectivity index (χ1n) is 4.26. The number of fused-ring (bicyclic) bond motifs is 1. The number of benzene rings is 1. The predicted octanol–water partition coefficient (Wildman–Crippen LogP) is 1.42. The SMILES string of the molecule is O=C1NS(=O)(=O)c2ccccc2N1C(F)(F)F. The predicted molar refractivity (Wildman–Crippen MR) is 50.7 cm³/mol. The molecule has 0 fully saturated rings. The summed E-state index contributed by atoms with van der Waals surface area (Å²) in [7, 11) is -4.23. The number of rotatable bonds is 0. The third kappa shape index (κ3) is 1.82. The van der Waals surface area contributed by atoms with Crippen molar-refractivity contribution in [3.8, 4) is 0 Å². The number of carbonyl (C=O) groups excluding carboxylic acids is 1. The molecule has 1 N–H and O–H groups in total. The topological polar surface area (TPSA) is 66.5 Å². The minimum Gasteiger partial charge on any atom is -0.247 e. The number of urea groups is 1. The Labute approximate surface area is 93.9 Å². The molecule has 9 heteroatoms. The van der Waals surface area contributed by atoms with E-state index >= 15 is 0 Å². The molecule has 1 aromatic carbocycles. The van der Waals surface area contributed by atoms with E-state index in [1.165, 1.54) is 16.9 Å². The van der Waals surface area contributed by atoms with Crippen LogP contribution in [0.4, 0.5) is 23.7 Å². The molecule has 0 radical (unpaired) electrons. The summed E-state index contributed by atoms with van der Waals surface area (Å²) in [6.07, 6.45) is -4.99. The summed E-state index contributed by atoms with van der Waals surface area (Å²) >= 11 is 0. The van der Waals surface area contributed by atoms with Gasteiger partial charge in [0, 0.05) is 0 Å². The van der Waals surface area contributed by atoms with Gasteiger partial charge < -0.3 is 0 Å². The average Bonchev–Trinajstić information content (AvgIpc) is 2.14. The van der Waals surface area contributed by atoms with Gasteiger partial charge in [0.1, 0.15) is 4.90 Å². The summed E-state index contributed by atoms with van der Waals surface area (Å²) in [5.41, 5.74) is -0.705. The Morgan fingerprint density at radius 2 is 1.76 bits per heavy atom. The van der Waals surface area contributed by atoms with Crippen LogP contribution in [-0.2, 0) is 10.0 Å². The third-order valence-corrected chi connectivity index (χ3v) is 3.44. The highest BCUT2D eigenvalue weighted by molar-refractivity contribution is 7.90. The van der Waals surface area contributed by atoms with Gasteiger partial charge >= 0.3 is 12.3 Å². The molecule has 0 aliphatic carbocycles. The Morgan fingerprint density at radius 1 is 1.18 bits per heavy atom. The van der Waals surface area contributed by atoms with Gasteiger partial charge in [0.05, 0.1) is 5.69 Å². The van der Waals surface area contributed by atoms with Crippen molar-refractivity contribution in [3.05, 3.63) is 24.3 Å². The van der Waals surface area contributed by atoms with Crippen LogP contribution in [0.5, 0.6) is 0 Å². The Kier molecular flexibility index (Phi) is 2.31. The lowest BCUT2D eigenvalue weighted by Gasteiger charge is -2.30. The molecule has 1 aliphatic rings. The molecule has 2 rings (SSSR count). The van der Waals surface area contributed by atoms with Crippen molar-refractivity contribution in [2.75, 3.05) is 4.90 Å². The fraction of sp³-hybridized carbons (Fsp3) is 0.125. The van der Waals surface area contributed by atoms with Gasteiger partial charge in [-0.1, -0.05) is 12.1 Å². The largest absolute Gasteiger partial charge is 0.493 e. The molecule has 2 amide bonds. The number of hydrogen-bond acceptors (Lipinski definition) is 3. The molecule has 1 aliphatic heterocycles. The van der Waals surface area contributed by atoms with Crippen molar-refractivity contribution in [2.45, 2.75) is 11.2 Å². The molecule has 17 heavy (non-hydrogen) atoms. The van der Waals surface area contributed by atoms with Crippen molar-refractivity contribution in [3.63, 3.8) is 0 Å². The van der Waals surface area contributed by atoms with Crippen molar-refractivity contribution in [2.24, 2.45) is 0 Å². The number of amides is 2. The van der Waals surface area contributed by atoms with Crippen LogP contribution in [0.15, 0.2) is 29.2 Å². The second-order valence-corrected chi connectivity index (χ2v) is 4.83. The van der Waals surface area contributed by atoms with Gasteiger partial charge in [0.15, 0.2) is 0 Å². The maximum absolute atomic E-state index is 12.6. The van der Waals surface area contributed by atoms with Crippen LogP contribution in [0.3, 0.4) is 0 Å². The first kappa shape index (κ1) is 11.7. The highest BCUT2D eigenvalue weighted by Crippen LogP contribution is 2.36. The molecule has 92 valence electrons. The van der Waals surface area contributed by atoms with E-state index in [2.05, 4.69) is 0 Å².